The molecule has 0 spiro atoms. The highest BCUT2D eigenvalue weighted by Gasteiger charge is 2.30. The first kappa shape index (κ1) is 13.7. The minimum atomic E-state index is -1.10. The molecule has 0 radical (unpaired) electrons. The van der Waals surface area contributed by atoms with Crippen LogP contribution in [0.1, 0.15) is 12.5 Å². The highest BCUT2D eigenvalue weighted by atomic mass is 79.9. The Hall–Kier alpha value is -1.72. The van der Waals surface area contributed by atoms with E-state index in [2.05, 4.69) is 26.2 Å². The van der Waals surface area contributed by atoms with Gasteiger partial charge in [0.05, 0.1) is 0 Å². The van der Waals surface area contributed by atoms with E-state index in [4.69, 9.17) is 5.73 Å². The van der Waals surface area contributed by atoms with E-state index in [1.54, 1.807) is 25.3 Å². The quantitative estimate of drug-likeness (QED) is 0.913. The van der Waals surface area contributed by atoms with Crippen LogP contribution in [0, 0.1) is 0 Å². The highest BCUT2D eigenvalue weighted by molar-refractivity contribution is 9.10. The molecule has 19 heavy (non-hydrogen) atoms. The van der Waals surface area contributed by atoms with Crippen LogP contribution in [0.5, 0.6) is 0 Å². The van der Waals surface area contributed by atoms with Crippen molar-refractivity contribution in [2.24, 2.45) is 5.73 Å². The molecule has 0 aliphatic carbocycles. The summed E-state index contributed by atoms with van der Waals surface area (Å²) in [5.41, 5.74) is 5.76. The molecule has 1 heterocycles. The largest absolute Gasteiger partial charge is 0.314 e. The fourth-order valence-electron chi connectivity index (χ4n) is 1.61. The van der Waals surface area contributed by atoms with Gasteiger partial charge < -0.3 is 11.1 Å². The van der Waals surface area contributed by atoms with Crippen molar-refractivity contribution in [3.05, 3.63) is 58.7 Å². The molecule has 98 valence electrons. The van der Waals surface area contributed by atoms with E-state index in [0.29, 0.717) is 5.82 Å². The fourth-order valence-corrected chi connectivity index (χ4v) is 1.85. The fraction of sp³-hybridized carbons (Fsp3) is 0.143. The number of halogens is 1. The van der Waals surface area contributed by atoms with E-state index in [9.17, 15) is 4.79 Å². The number of hydrogen-bond donors (Lipinski definition) is 2. The lowest BCUT2D eigenvalue weighted by atomic mass is 9.92. The zero-order valence-corrected chi connectivity index (χ0v) is 12.0. The summed E-state index contributed by atoms with van der Waals surface area (Å²) in [5, 5.41) is 2.71. The third-order valence-electron chi connectivity index (χ3n) is 2.81. The Balaban J connectivity index is 2.17. The maximum Gasteiger partial charge on any atom is 0.249 e. The summed E-state index contributed by atoms with van der Waals surface area (Å²) in [6, 6.07) is 12.8. The second-order valence-electron chi connectivity index (χ2n) is 4.38. The van der Waals surface area contributed by atoms with E-state index in [0.717, 1.165) is 10.0 Å². The molecule has 0 fully saturated rings. The molecule has 0 aliphatic heterocycles. The van der Waals surface area contributed by atoms with Crippen molar-refractivity contribution in [2.45, 2.75) is 12.5 Å². The molecular formula is C14H14BrN3O. The van der Waals surface area contributed by atoms with Crippen molar-refractivity contribution >= 4 is 27.7 Å². The predicted octanol–water partition coefficient (Wildman–Crippen LogP) is 2.66. The molecule has 0 saturated heterocycles. The van der Waals surface area contributed by atoms with E-state index in [1.807, 2.05) is 30.3 Å². The Morgan fingerprint density at radius 1 is 1.26 bits per heavy atom. The average molecular weight is 320 g/mol. The number of nitrogens with one attached hydrogen (secondary N) is 1. The van der Waals surface area contributed by atoms with Gasteiger partial charge in [-0.2, -0.15) is 0 Å². The maximum absolute atomic E-state index is 12.2. The number of carbonyl (C=O) groups excluding carboxylic acids is 1. The number of rotatable bonds is 3. The van der Waals surface area contributed by atoms with E-state index < -0.39 is 5.54 Å². The number of nitrogens with two attached hydrogens (primary N) is 1. The van der Waals surface area contributed by atoms with Gasteiger partial charge in [0, 0.05) is 10.7 Å². The standard InChI is InChI=1S/C14H14BrN3O/c1-14(16,10-5-3-2-4-6-10)13(19)18-12-8-7-11(15)9-17-12/h2-9H,16H2,1H3,(H,17,18,19). The lowest BCUT2D eigenvalue weighted by molar-refractivity contribution is -0.120. The van der Waals surface area contributed by atoms with Crippen LogP contribution in [-0.2, 0) is 10.3 Å². The monoisotopic (exact) mass is 319 g/mol. The lowest BCUT2D eigenvalue weighted by Gasteiger charge is -2.23. The first-order valence-electron chi connectivity index (χ1n) is 5.77. The van der Waals surface area contributed by atoms with Gasteiger partial charge in [0.1, 0.15) is 11.4 Å². The minimum Gasteiger partial charge on any atom is -0.314 e. The smallest absolute Gasteiger partial charge is 0.249 e. The summed E-state index contributed by atoms with van der Waals surface area (Å²) in [4.78, 5) is 16.3. The minimum absolute atomic E-state index is 0.298. The Kier molecular flexibility index (Phi) is 3.97. The molecule has 1 aromatic carbocycles. The topological polar surface area (TPSA) is 68.0 Å². The van der Waals surface area contributed by atoms with Crippen LogP contribution in [0.2, 0.25) is 0 Å². The van der Waals surface area contributed by atoms with Gasteiger partial charge in [-0.05, 0) is 40.5 Å². The molecule has 1 aromatic heterocycles. The van der Waals surface area contributed by atoms with Crippen molar-refractivity contribution in [2.75, 3.05) is 5.32 Å². The molecule has 1 amide bonds. The van der Waals surface area contributed by atoms with Gasteiger partial charge >= 0.3 is 0 Å². The summed E-state index contributed by atoms with van der Waals surface area (Å²) in [5.74, 6) is 0.175. The number of nitrogens with zero attached hydrogens (tertiary/aromatic N) is 1. The number of aromatic nitrogens is 1. The van der Waals surface area contributed by atoms with Gasteiger partial charge in [-0.3, -0.25) is 4.79 Å². The Morgan fingerprint density at radius 2 is 1.95 bits per heavy atom. The van der Waals surface area contributed by atoms with Crippen LogP contribution >= 0.6 is 15.9 Å². The zero-order valence-electron chi connectivity index (χ0n) is 10.4. The average Bonchev–Trinajstić information content (AvgIpc) is 2.42. The molecule has 3 N–H and O–H groups in total. The number of carbonyl (C=O) groups is 1. The molecule has 0 aliphatic rings. The molecule has 2 aromatic rings. The normalized spacial score (nSPS) is 13.6. The summed E-state index contributed by atoms with van der Waals surface area (Å²) in [6.45, 7) is 1.68. The van der Waals surface area contributed by atoms with Gasteiger partial charge in [-0.1, -0.05) is 30.3 Å². The second-order valence-corrected chi connectivity index (χ2v) is 5.30. The van der Waals surface area contributed by atoms with Gasteiger partial charge in [0.25, 0.3) is 0 Å². The van der Waals surface area contributed by atoms with Crippen LogP contribution in [0.15, 0.2) is 53.1 Å². The van der Waals surface area contributed by atoms with Gasteiger partial charge in [0.2, 0.25) is 5.91 Å². The summed E-state index contributed by atoms with van der Waals surface area (Å²) in [7, 11) is 0. The van der Waals surface area contributed by atoms with Crippen molar-refractivity contribution in [3.63, 3.8) is 0 Å². The van der Waals surface area contributed by atoms with E-state index in [1.165, 1.54) is 0 Å². The Bertz CT molecular complexity index is 567. The Labute approximate surface area is 120 Å². The third-order valence-corrected chi connectivity index (χ3v) is 3.28. The van der Waals surface area contributed by atoms with Crippen LogP contribution in [0.4, 0.5) is 5.82 Å². The molecule has 1 unspecified atom stereocenters. The molecule has 4 nitrogen and oxygen atoms in total. The van der Waals surface area contributed by atoms with E-state index in [-0.39, 0.29) is 5.91 Å². The van der Waals surface area contributed by atoms with Crippen LogP contribution in [-0.4, -0.2) is 10.9 Å². The molecule has 0 bridgehead atoms. The third kappa shape index (κ3) is 3.19. The summed E-state index contributed by atoms with van der Waals surface area (Å²) < 4.78 is 0.851. The SMILES string of the molecule is CC(N)(C(=O)Nc1ccc(Br)cn1)c1ccccc1. The second kappa shape index (κ2) is 5.50. The van der Waals surface area contributed by atoms with Crippen molar-refractivity contribution < 1.29 is 4.79 Å². The number of anilines is 1. The number of hydrogen-bond acceptors (Lipinski definition) is 3. The highest BCUT2D eigenvalue weighted by Crippen LogP contribution is 2.19. The molecule has 1 atom stereocenters. The molecular weight excluding hydrogens is 306 g/mol. The van der Waals surface area contributed by atoms with Gasteiger partial charge in [-0.25, -0.2) is 4.98 Å². The van der Waals surface area contributed by atoms with Crippen LogP contribution in [0.3, 0.4) is 0 Å². The van der Waals surface area contributed by atoms with Gasteiger partial charge in [0.15, 0.2) is 0 Å². The number of pyridine rings is 1. The van der Waals surface area contributed by atoms with Crippen LogP contribution in [0.25, 0.3) is 0 Å². The van der Waals surface area contributed by atoms with Crippen molar-refractivity contribution in [1.82, 2.24) is 4.98 Å². The Morgan fingerprint density at radius 3 is 2.53 bits per heavy atom. The molecule has 5 heteroatoms. The van der Waals surface area contributed by atoms with Crippen molar-refractivity contribution in [3.8, 4) is 0 Å². The van der Waals surface area contributed by atoms with Crippen molar-refractivity contribution in [1.29, 1.82) is 0 Å². The first-order valence-corrected chi connectivity index (χ1v) is 6.57. The lowest BCUT2D eigenvalue weighted by Crippen LogP contribution is -2.45. The summed E-state index contributed by atoms with van der Waals surface area (Å²) >= 11 is 3.29. The maximum atomic E-state index is 12.2. The number of amides is 1. The number of benzene rings is 1. The van der Waals surface area contributed by atoms with Crippen LogP contribution < -0.4 is 11.1 Å². The summed E-state index contributed by atoms with van der Waals surface area (Å²) in [6.07, 6.45) is 1.62. The molecule has 0 saturated carbocycles. The molecule has 2 rings (SSSR count). The predicted molar refractivity (Wildman–Crippen MR) is 78.5 cm³/mol. The van der Waals surface area contributed by atoms with E-state index >= 15 is 0 Å². The zero-order chi connectivity index (χ0) is 13.9. The first-order chi connectivity index (χ1) is 9.00. The van der Waals surface area contributed by atoms with Gasteiger partial charge in [-0.15, -0.1) is 0 Å².